The fraction of sp³-hybridized carbons (Fsp3) is 0.588. The molecule has 0 atom stereocenters. The number of anilines is 1. The monoisotopic (exact) mass is 287 g/mol. The van der Waals surface area contributed by atoms with Crippen molar-refractivity contribution in [2.24, 2.45) is 0 Å². The van der Waals surface area contributed by atoms with Gasteiger partial charge in [0.1, 0.15) is 11.3 Å². The molecule has 0 radical (unpaired) electrons. The van der Waals surface area contributed by atoms with Crippen LogP contribution in [0, 0.1) is 0 Å². The van der Waals surface area contributed by atoms with Gasteiger partial charge in [0.2, 0.25) is 5.95 Å². The standard InChI is InChI=1S/C17H25N3O/c1-12(2)21-15-11-7-10-14-16(15)19-17(18)20(14)13-8-5-3-4-6-9-13/h7,10-13H,3-6,8-9H2,1-2H3,(H2,18,19). The first-order valence-corrected chi connectivity index (χ1v) is 8.10. The zero-order valence-corrected chi connectivity index (χ0v) is 13.0. The van der Waals surface area contributed by atoms with Crippen LogP contribution < -0.4 is 10.5 Å². The predicted molar refractivity (Wildman–Crippen MR) is 86.6 cm³/mol. The van der Waals surface area contributed by atoms with Gasteiger partial charge in [0, 0.05) is 6.04 Å². The molecule has 1 aliphatic carbocycles. The van der Waals surface area contributed by atoms with Gasteiger partial charge >= 0.3 is 0 Å². The van der Waals surface area contributed by atoms with Gasteiger partial charge in [0.05, 0.1) is 11.6 Å². The zero-order valence-electron chi connectivity index (χ0n) is 13.0. The van der Waals surface area contributed by atoms with Crippen LogP contribution in [0.3, 0.4) is 0 Å². The Balaban J connectivity index is 2.04. The summed E-state index contributed by atoms with van der Waals surface area (Å²) in [5.74, 6) is 1.46. The summed E-state index contributed by atoms with van der Waals surface area (Å²) in [6, 6.07) is 6.60. The minimum absolute atomic E-state index is 0.139. The maximum atomic E-state index is 6.23. The number of nitrogen functional groups attached to an aromatic ring is 1. The lowest BCUT2D eigenvalue weighted by atomic mass is 10.1. The first-order chi connectivity index (χ1) is 10.2. The molecule has 1 aromatic carbocycles. The molecular formula is C17H25N3O. The second kappa shape index (κ2) is 5.96. The van der Waals surface area contributed by atoms with Gasteiger partial charge in [-0.05, 0) is 38.8 Å². The highest BCUT2D eigenvalue weighted by Crippen LogP contribution is 2.35. The Morgan fingerprint density at radius 3 is 2.57 bits per heavy atom. The van der Waals surface area contributed by atoms with Crippen LogP contribution in [0.15, 0.2) is 18.2 Å². The Hall–Kier alpha value is -1.71. The van der Waals surface area contributed by atoms with E-state index in [1.165, 1.54) is 38.5 Å². The number of hydrogen-bond donors (Lipinski definition) is 1. The summed E-state index contributed by atoms with van der Waals surface area (Å²) in [5.41, 5.74) is 8.24. The molecule has 2 N–H and O–H groups in total. The summed E-state index contributed by atoms with van der Waals surface area (Å²) in [6.45, 7) is 4.06. The van der Waals surface area contributed by atoms with Gasteiger partial charge in [-0.3, -0.25) is 0 Å². The number of fused-ring (bicyclic) bond motifs is 1. The van der Waals surface area contributed by atoms with Gasteiger partial charge in [0.25, 0.3) is 0 Å². The summed E-state index contributed by atoms with van der Waals surface area (Å²) in [5, 5.41) is 0. The molecule has 0 saturated heterocycles. The fourth-order valence-electron chi connectivity index (χ4n) is 3.36. The maximum absolute atomic E-state index is 6.23. The van der Waals surface area contributed by atoms with Crippen LogP contribution >= 0.6 is 0 Å². The van der Waals surface area contributed by atoms with Crippen molar-refractivity contribution in [3.63, 3.8) is 0 Å². The Morgan fingerprint density at radius 2 is 1.90 bits per heavy atom. The number of rotatable bonds is 3. The van der Waals surface area contributed by atoms with Crippen molar-refractivity contribution in [3.8, 4) is 5.75 Å². The van der Waals surface area contributed by atoms with Crippen molar-refractivity contribution < 1.29 is 4.74 Å². The van der Waals surface area contributed by atoms with Crippen LogP contribution in [0.5, 0.6) is 5.75 Å². The fourth-order valence-corrected chi connectivity index (χ4v) is 3.36. The maximum Gasteiger partial charge on any atom is 0.201 e. The normalized spacial score (nSPS) is 17.3. The quantitative estimate of drug-likeness (QED) is 0.856. The summed E-state index contributed by atoms with van der Waals surface area (Å²) in [4.78, 5) is 4.59. The number of benzene rings is 1. The summed E-state index contributed by atoms with van der Waals surface area (Å²) in [6.07, 6.45) is 7.78. The number of ether oxygens (including phenoxy) is 1. The molecule has 21 heavy (non-hydrogen) atoms. The van der Waals surface area contributed by atoms with E-state index in [4.69, 9.17) is 10.5 Å². The molecule has 4 heteroatoms. The third-order valence-electron chi connectivity index (χ3n) is 4.26. The van der Waals surface area contributed by atoms with Crippen molar-refractivity contribution >= 4 is 17.0 Å². The highest BCUT2D eigenvalue weighted by Gasteiger charge is 2.21. The second-order valence-electron chi connectivity index (χ2n) is 6.28. The molecule has 0 bridgehead atoms. The largest absolute Gasteiger partial charge is 0.489 e. The molecule has 2 aromatic rings. The second-order valence-corrected chi connectivity index (χ2v) is 6.28. The molecule has 114 valence electrons. The third kappa shape index (κ3) is 2.85. The number of para-hydroxylation sites is 1. The lowest BCUT2D eigenvalue weighted by Gasteiger charge is -2.18. The van der Waals surface area contributed by atoms with E-state index in [0.717, 1.165) is 16.8 Å². The summed E-state index contributed by atoms with van der Waals surface area (Å²) >= 11 is 0. The lowest BCUT2D eigenvalue weighted by Crippen LogP contribution is -2.11. The Labute approximate surface area is 126 Å². The molecule has 0 unspecified atom stereocenters. The molecule has 3 rings (SSSR count). The molecule has 1 aliphatic rings. The smallest absolute Gasteiger partial charge is 0.201 e. The van der Waals surface area contributed by atoms with Crippen molar-refractivity contribution in [2.45, 2.75) is 64.5 Å². The van der Waals surface area contributed by atoms with E-state index >= 15 is 0 Å². The van der Waals surface area contributed by atoms with Gasteiger partial charge < -0.3 is 15.0 Å². The number of nitrogens with two attached hydrogens (primary N) is 1. The molecule has 1 aromatic heterocycles. The van der Waals surface area contributed by atoms with Crippen molar-refractivity contribution in [1.82, 2.24) is 9.55 Å². The predicted octanol–water partition coefficient (Wildman–Crippen LogP) is 4.30. The van der Waals surface area contributed by atoms with Crippen molar-refractivity contribution in [3.05, 3.63) is 18.2 Å². The van der Waals surface area contributed by atoms with E-state index in [9.17, 15) is 0 Å². The van der Waals surface area contributed by atoms with E-state index in [0.29, 0.717) is 12.0 Å². The average Bonchev–Trinajstić information content (AvgIpc) is 2.63. The Kier molecular flexibility index (Phi) is 4.04. The molecule has 0 spiro atoms. The average molecular weight is 287 g/mol. The van der Waals surface area contributed by atoms with Crippen LogP contribution in [-0.4, -0.2) is 15.7 Å². The highest BCUT2D eigenvalue weighted by atomic mass is 16.5. The van der Waals surface area contributed by atoms with E-state index in [1.54, 1.807) is 0 Å². The first kappa shape index (κ1) is 14.2. The van der Waals surface area contributed by atoms with Gasteiger partial charge in [0.15, 0.2) is 0 Å². The van der Waals surface area contributed by atoms with Crippen LogP contribution in [0.1, 0.15) is 58.4 Å². The van der Waals surface area contributed by atoms with Crippen molar-refractivity contribution in [1.29, 1.82) is 0 Å². The molecule has 1 heterocycles. The van der Waals surface area contributed by atoms with E-state index in [-0.39, 0.29) is 6.10 Å². The molecule has 1 fully saturated rings. The third-order valence-corrected chi connectivity index (χ3v) is 4.26. The number of nitrogens with zero attached hydrogens (tertiary/aromatic N) is 2. The summed E-state index contributed by atoms with van der Waals surface area (Å²) < 4.78 is 8.11. The van der Waals surface area contributed by atoms with Gasteiger partial charge in [-0.2, -0.15) is 0 Å². The summed E-state index contributed by atoms with van der Waals surface area (Å²) in [7, 11) is 0. The van der Waals surface area contributed by atoms with Gasteiger partial charge in [-0.15, -0.1) is 0 Å². The molecular weight excluding hydrogens is 262 g/mol. The van der Waals surface area contributed by atoms with E-state index in [2.05, 4.69) is 15.6 Å². The number of aromatic nitrogens is 2. The molecule has 0 aliphatic heterocycles. The number of hydrogen-bond acceptors (Lipinski definition) is 3. The number of imidazole rings is 1. The van der Waals surface area contributed by atoms with Crippen LogP contribution in [0.4, 0.5) is 5.95 Å². The lowest BCUT2D eigenvalue weighted by molar-refractivity contribution is 0.245. The Bertz CT molecular complexity index is 610. The van der Waals surface area contributed by atoms with Crippen LogP contribution in [0.25, 0.3) is 11.0 Å². The molecule has 0 amide bonds. The highest BCUT2D eigenvalue weighted by molar-refractivity contribution is 5.84. The Morgan fingerprint density at radius 1 is 1.19 bits per heavy atom. The minimum Gasteiger partial charge on any atom is -0.489 e. The van der Waals surface area contributed by atoms with E-state index in [1.807, 2.05) is 26.0 Å². The topological polar surface area (TPSA) is 53.1 Å². The molecule has 1 saturated carbocycles. The van der Waals surface area contributed by atoms with Gasteiger partial charge in [-0.1, -0.05) is 31.7 Å². The van der Waals surface area contributed by atoms with Crippen molar-refractivity contribution in [2.75, 3.05) is 5.73 Å². The molecule has 4 nitrogen and oxygen atoms in total. The first-order valence-electron chi connectivity index (χ1n) is 8.10. The zero-order chi connectivity index (χ0) is 14.8. The van der Waals surface area contributed by atoms with E-state index < -0.39 is 0 Å². The van der Waals surface area contributed by atoms with Gasteiger partial charge in [-0.25, -0.2) is 4.98 Å². The van der Waals surface area contributed by atoms with Crippen LogP contribution in [-0.2, 0) is 0 Å². The van der Waals surface area contributed by atoms with Crippen LogP contribution in [0.2, 0.25) is 0 Å². The SMILES string of the molecule is CC(C)Oc1cccc2c1nc(N)n2C1CCCCCC1. The minimum atomic E-state index is 0.139.